The summed E-state index contributed by atoms with van der Waals surface area (Å²) in [5, 5.41) is 4.14. The Labute approximate surface area is 80.9 Å². The molecule has 70 valence electrons. The number of hydrogen-bond donors (Lipinski definition) is 0. The summed E-state index contributed by atoms with van der Waals surface area (Å²) in [5.74, 6) is 2.01. The third-order valence-electron chi connectivity index (χ3n) is 2.14. The second-order valence-corrected chi connectivity index (χ2v) is 4.48. The zero-order valence-corrected chi connectivity index (χ0v) is 8.26. The molecular formula is C9H11NO2S. The number of rotatable bonds is 2. The highest BCUT2D eigenvalue weighted by Gasteiger charge is 2.22. The summed E-state index contributed by atoms with van der Waals surface area (Å²) in [6, 6.07) is 1.77. The predicted molar refractivity (Wildman–Crippen MR) is 50.9 cm³/mol. The van der Waals surface area contributed by atoms with Crippen LogP contribution < -0.4 is 0 Å². The van der Waals surface area contributed by atoms with Crippen LogP contribution in [0.1, 0.15) is 41.3 Å². The van der Waals surface area contributed by atoms with E-state index in [9.17, 15) is 4.79 Å². The minimum absolute atomic E-state index is 0.0296. The van der Waals surface area contributed by atoms with E-state index in [2.05, 4.69) is 5.16 Å². The van der Waals surface area contributed by atoms with E-state index < -0.39 is 0 Å². The molecule has 1 aliphatic rings. The van der Waals surface area contributed by atoms with Crippen molar-refractivity contribution in [2.75, 3.05) is 5.75 Å². The Kier molecular flexibility index (Phi) is 2.40. The lowest BCUT2D eigenvalue weighted by Crippen LogP contribution is -1.90. The lowest BCUT2D eigenvalue weighted by molar-refractivity contribution is 0.100. The lowest BCUT2D eigenvalue weighted by Gasteiger charge is -1.99. The summed E-state index contributed by atoms with van der Waals surface area (Å²) in [4.78, 5) is 10.9. The lowest BCUT2D eigenvalue weighted by atomic mass is 10.2. The van der Waals surface area contributed by atoms with Gasteiger partial charge in [-0.3, -0.25) is 4.79 Å². The molecule has 0 N–H and O–H groups in total. The van der Waals surface area contributed by atoms with E-state index in [4.69, 9.17) is 4.52 Å². The van der Waals surface area contributed by atoms with Crippen LogP contribution in [-0.4, -0.2) is 16.7 Å². The Balaban J connectivity index is 2.16. The number of carbonyl (C=O) groups is 1. The molecule has 1 aliphatic heterocycles. The average Bonchev–Trinajstić information content (AvgIpc) is 2.75. The number of thioether (sulfide) groups is 1. The van der Waals surface area contributed by atoms with Gasteiger partial charge in [-0.15, -0.1) is 0 Å². The van der Waals surface area contributed by atoms with Crippen LogP contribution in [0.2, 0.25) is 0 Å². The molecule has 4 heteroatoms. The fourth-order valence-corrected chi connectivity index (χ4v) is 2.64. The standard InChI is InChI=1S/C9H11NO2S/c1-6(11)7-5-8(12-10-7)9-3-2-4-13-9/h5,9H,2-4H2,1H3. The first-order chi connectivity index (χ1) is 6.27. The van der Waals surface area contributed by atoms with Gasteiger partial charge in [0.15, 0.2) is 5.78 Å². The average molecular weight is 197 g/mol. The van der Waals surface area contributed by atoms with E-state index in [1.807, 2.05) is 11.8 Å². The summed E-state index contributed by atoms with van der Waals surface area (Å²) in [6.07, 6.45) is 2.36. The van der Waals surface area contributed by atoms with Crippen molar-refractivity contribution in [3.05, 3.63) is 17.5 Å². The number of ketones is 1. The Morgan fingerprint density at radius 3 is 3.15 bits per heavy atom. The molecule has 0 aromatic carbocycles. The van der Waals surface area contributed by atoms with Crippen molar-refractivity contribution in [2.45, 2.75) is 25.0 Å². The first kappa shape index (κ1) is 8.81. The molecule has 0 amide bonds. The van der Waals surface area contributed by atoms with E-state index in [0.717, 1.165) is 12.2 Å². The van der Waals surface area contributed by atoms with Gasteiger partial charge in [-0.2, -0.15) is 11.8 Å². The summed E-state index contributed by atoms with van der Waals surface area (Å²) >= 11 is 1.88. The fraction of sp³-hybridized carbons (Fsp3) is 0.556. The molecule has 0 bridgehead atoms. The predicted octanol–water partition coefficient (Wildman–Crippen LogP) is 2.45. The SMILES string of the molecule is CC(=O)c1cc(C2CCCS2)on1. The molecule has 2 heterocycles. The quantitative estimate of drug-likeness (QED) is 0.683. The summed E-state index contributed by atoms with van der Waals surface area (Å²) < 4.78 is 5.12. The van der Waals surface area contributed by atoms with Crippen LogP contribution in [-0.2, 0) is 0 Å². The van der Waals surface area contributed by atoms with Crippen LogP contribution in [0, 0.1) is 0 Å². The fourth-order valence-electron chi connectivity index (χ4n) is 1.41. The zero-order chi connectivity index (χ0) is 9.26. The van der Waals surface area contributed by atoms with E-state index >= 15 is 0 Å². The molecule has 1 atom stereocenters. The van der Waals surface area contributed by atoms with Gasteiger partial charge < -0.3 is 4.52 Å². The van der Waals surface area contributed by atoms with E-state index in [-0.39, 0.29) is 5.78 Å². The molecule has 0 radical (unpaired) electrons. The largest absolute Gasteiger partial charge is 0.359 e. The van der Waals surface area contributed by atoms with E-state index in [1.165, 1.54) is 19.1 Å². The topological polar surface area (TPSA) is 43.1 Å². The van der Waals surface area contributed by atoms with Crippen LogP contribution in [0.15, 0.2) is 10.6 Å². The van der Waals surface area contributed by atoms with Gasteiger partial charge >= 0.3 is 0 Å². The normalized spacial score (nSPS) is 22.1. The van der Waals surface area contributed by atoms with Crippen LogP contribution >= 0.6 is 11.8 Å². The molecule has 0 spiro atoms. The van der Waals surface area contributed by atoms with Crippen molar-refractivity contribution < 1.29 is 9.32 Å². The highest BCUT2D eigenvalue weighted by molar-refractivity contribution is 7.99. The molecule has 1 unspecified atom stereocenters. The molecule has 1 aromatic rings. The molecule has 0 aliphatic carbocycles. The smallest absolute Gasteiger partial charge is 0.181 e. The molecular weight excluding hydrogens is 186 g/mol. The Morgan fingerprint density at radius 1 is 1.77 bits per heavy atom. The highest BCUT2D eigenvalue weighted by Crippen LogP contribution is 2.39. The second-order valence-electron chi connectivity index (χ2n) is 3.17. The van der Waals surface area contributed by atoms with Gasteiger partial charge in [-0.25, -0.2) is 0 Å². The van der Waals surface area contributed by atoms with Gasteiger partial charge in [0, 0.05) is 13.0 Å². The Hall–Kier alpha value is -0.770. The zero-order valence-electron chi connectivity index (χ0n) is 7.45. The van der Waals surface area contributed by atoms with Crippen molar-refractivity contribution in [1.82, 2.24) is 5.16 Å². The van der Waals surface area contributed by atoms with Gasteiger partial charge in [-0.05, 0) is 18.6 Å². The van der Waals surface area contributed by atoms with Crippen LogP contribution in [0.3, 0.4) is 0 Å². The third-order valence-corrected chi connectivity index (χ3v) is 3.53. The van der Waals surface area contributed by atoms with Crippen LogP contribution in [0.5, 0.6) is 0 Å². The maximum absolute atomic E-state index is 10.9. The van der Waals surface area contributed by atoms with Gasteiger partial charge in [-0.1, -0.05) is 5.16 Å². The van der Waals surface area contributed by atoms with Gasteiger partial charge in [0.25, 0.3) is 0 Å². The monoisotopic (exact) mass is 197 g/mol. The number of hydrogen-bond acceptors (Lipinski definition) is 4. The molecule has 13 heavy (non-hydrogen) atoms. The van der Waals surface area contributed by atoms with E-state index in [0.29, 0.717) is 10.9 Å². The Morgan fingerprint density at radius 2 is 2.62 bits per heavy atom. The number of aromatic nitrogens is 1. The first-order valence-electron chi connectivity index (χ1n) is 4.36. The highest BCUT2D eigenvalue weighted by atomic mass is 32.2. The van der Waals surface area contributed by atoms with Crippen molar-refractivity contribution in [2.24, 2.45) is 0 Å². The van der Waals surface area contributed by atoms with Crippen molar-refractivity contribution in [3.63, 3.8) is 0 Å². The third kappa shape index (κ3) is 1.77. The number of nitrogens with zero attached hydrogens (tertiary/aromatic N) is 1. The molecule has 1 fully saturated rings. The van der Waals surface area contributed by atoms with Crippen molar-refractivity contribution >= 4 is 17.5 Å². The number of carbonyl (C=O) groups excluding carboxylic acids is 1. The second kappa shape index (κ2) is 3.54. The number of Topliss-reactive ketones (excluding diaryl/α,β-unsaturated/α-hetero) is 1. The molecule has 2 rings (SSSR count). The Bertz CT molecular complexity index is 315. The molecule has 0 saturated carbocycles. The summed E-state index contributed by atoms with van der Waals surface area (Å²) in [5.41, 5.74) is 0.447. The van der Waals surface area contributed by atoms with Crippen LogP contribution in [0.25, 0.3) is 0 Å². The van der Waals surface area contributed by atoms with Crippen molar-refractivity contribution in [1.29, 1.82) is 0 Å². The molecule has 1 saturated heterocycles. The minimum Gasteiger partial charge on any atom is -0.359 e. The maximum atomic E-state index is 10.9. The van der Waals surface area contributed by atoms with Gasteiger partial charge in [0.2, 0.25) is 0 Å². The molecule has 1 aromatic heterocycles. The molecule has 3 nitrogen and oxygen atoms in total. The summed E-state index contributed by atoms with van der Waals surface area (Å²) in [6.45, 7) is 1.50. The van der Waals surface area contributed by atoms with Gasteiger partial charge in [0.1, 0.15) is 11.5 Å². The first-order valence-corrected chi connectivity index (χ1v) is 5.41. The summed E-state index contributed by atoms with van der Waals surface area (Å²) in [7, 11) is 0. The van der Waals surface area contributed by atoms with Gasteiger partial charge in [0.05, 0.1) is 5.25 Å². The minimum atomic E-state index is -0.0296. The van der Waals surface area contributed by atoms with Crippen molar-refractivity contribution in [3.8, 4) is 0 Å². The van der Waals surface area contributed by atoms with Crippen LogP contribution in [0.4, 0.5) is 0 Å². The maximum Gasteiger partial charge on any atom is 0.181 e. The van der Waals surface area contributed by atoms with E-state index in [1.54, 1.807) is 6.07 Å².